The van der Waals surface area contributed by atoms with Crippen LogP contribution in [0.4, 0.5) is 5.69 Å². The third kappa shape index (κ3) is 4.30. The Bertz CT molecular complexity index is 393. The molecule has 0 heterocycles. The molecule has 1 rings (SSSR count). The van der Waals surface area contributed by atoms with Crippen LogP contribution in [0.3, 0.4) is 0 Å². The molecule has 0 aromatic heterocycles. The smallest absolute Gasteiger partial charge is 0.253 e. The van der Waals surface area contributed by atoms with Crippen LogP contribution in [0.1, 0.15) is 29.8 Å². The third-order valence-corrected chi connectivity index (χ3v) is 3.55. The van der Waals surface area contributed by atoms with Gasteiger partial charge in [-0.2, -0.15) is 11.8 Å². The molecular formula is C13H20N2OS. The van der Waals surface area contributed by atoms with Gasteiger partial charge < -0.3 is 11.1 Å². The van der Waals surface area contributed by atoms with E-state index in [0.29, 0.717) is 11.3 Å². The molecule has 0 spiro atoms. The monoisotopic (exact) mass is 252 g/mol. The number of amides is 1. The standard InChI is InChI=1S/C13H20N2OS/c1-4-17-8-10(3)15-13(16)11-7-9(2)5-6-12(11)14/h5-7,10H,4,8,14H2,1-3H3,(H,15,16). The predicted octanol–water partition coefficient (Wildman–Crippen LogP) is 2.45. The minimum absolute atomic E-state index is 0.0876. The highest BCUT2D eigenvalue weighted by Crippen LogP contribution is 2.14. The lowest BCUT2D eigenvalue weighted by atomic mass is 10.1. The molecule has 4 heteroatoms. The minimum atomic E-state index is -0.0876. The number of nitrogens with two attached hydrogens (primary N) is 1. The summed E-state index contributed by atoms with van der Waals surface area (Å²) >= 11 is 1.81. The van der Waals surface area contributed by atoms with Crippen LogP contribution in [0.2, 0.25) is 0 Å². The number of carbonyl (C=O) groups excluding carboxylic acids is 1. The largest absolute Gasteiger partial charge is 0.398 e. The van der Waals surface area contributed by atoms with E-state index in [0.717, 1.165) is 17.1 Å². The van der Waals surface area contributed by atoms with E-state index < -0.39 is 0 Å². The van der Waals surface area contributed by atoms with Gasteiger partial charge in [0.15, 0.2) is 0 Å². The second-order valence-electron chi connectivity index (χ2n) is 4.12. The maximum absolute atomic E-state index is 12.0. The molecule has 0 saturated carbocycles. The topological polar surface area (TPSA) is 55.1 Å². The highest BCUT2D eigenvalue weighted by atomic mass is 32.2. The van der Waals surface area contributed by atoms with Crippen molar-refractivity contribution in [1.82, 2.24) is 5.32 Å². The summed E-state index contributed by atoms with van der Waals surface area (Å²) in [6.45, 7) is 6.07. The van der Waals surface area contributed by atoms with Crippen LogP contribution in [0.5, 0.6) is 0 Å². The van der Waals surface area contributed by atoms with E-state index in [1.54, 1.807) is 6.07 Å². The van der Waals surface area contributed by atoms with Crippen LogP contribution >= 0.6 is 11.8 Å². The van der Waals surface area contributed by atoms with E-state index >= 15 is 0 Å². The number of aryl methyl sites for hydroxylation is 1. The van der Waals surface area contributed by atoms with Gasteiger partial charge in [0.2, 0.25) is 0 Å². The highest BCUT2D eigenvalue weighted by molar-refractivity contribution is 7.99. The normalized spacial score (nSPS) is 12.2. The number of benzene rings is 1. The van der Waals surface area contributed by atoms with E-state index in [1.165, 1.54) is 0 Å². The van der Waals surface area contributed by atoms with Gasteiger partial charge in [0.25, 0.3) is 5.91 Å². The van der Waals surface area contributed by atoms with Crippen molar-refractivity contribution in [2.45, 2.75) is 26.8 Å². The Morgan fingerprint density at radius 2 is 2.24 bits per heavy atom. The summed E-state index contributed by atoms with van der Waals surface area (Å²) in [4.78, 5) is 12.0. The fourth-order valence-corrected chi connectivity index (χ4v) is 2.18. The third-order valence-electron chi connectivity index (χ3n) is 2.40. The average Bonchev–Trinajstić information content (AvgIpc) is 2.29. The van der Waals surface area contributed by atoms with Crippen LogP contribution < -0.4 is 11.1 Å². The molecule has 1 aromatic rings. The summed E-state index contributed by atoms with van der Waals surface area (Å²) in [5.74, 6) is 1.90. The number of nitrogens with one attached hydrogen (secondary N) is 1. The second kappa shape index (κ2) is 6.55. The Morgan fingerprint density at radius 1 is 1.53 bits per heavy atom. The summed E-state index contributed by atoms with van der Waals surface area (Å²) in [5, 5.41) is 2.96. The van der Waals surface area contributed by atoms with Gasteiger partial charge in [0.1, 0.15) is 0 Å². The van der Waals surface area contributed by atoms with Crippen molar-refractivity contribution in [1.29, 1.82) is 0 Å². The quantitative estimate of drug-likeness (QED) is 0.791. The minimum Gasteiger partial charge on any atom is -0.398 e. The SMILES string of the molecule is CCSCC(C)NC(=O)c1cc(C)ccc1N. The first kappa shape index (κ1) is 13.9. The molecule has 3 nitrogen and oxygen atoms in total. The molecule has 0 aliphatic carbocycles. The molecule has 0 fully saturated rings. The molecule has 1 aromatic carbocycles. The molecule has 94 valence electrons. The van der Waals surface area contributed by atoms with Gasteiger partial charge in [0, 0.05) is 17.5 Å². The number of nitrogen functional groups attached to an aromatic ring is 1. The van der Waals surface area contributed by atoms with Crippen molar-refractivity contribution in [3.8, 4) is 0 Å². The zero-order chi connectivity index (χ0) is 12.8. The zero-order valence-corrected chi connectivity index (χ0v) is 11.4. The van der Waals surface area contributed by atoms with Gasteiger partial charge in [-0.1, -0.05) is 18.6 Å². The lowest BCUT2D eigenvalue weighted by Gasteiger charge is -2.14. The number of anilines is 1. The van der Waals surface area contributed by atoms with Gasteiger partial charge in [-0.3, -0.25) is 4.79 Å². The van der Waals surface area contributed by atoms with E-state index in [-0.39, 0.29) is 11.9 Å². The Morgan fingerprint density at radius 3 is 2.88 bits per heavy atom. The van der Waals surface area contributed by atoms with Crippen LogP contribution in [-0.4, -0.2) is 23.5 Å². The Kier molecular flexibility index (Phi) is 5.35. The van der Waals surface area contributed by atoms with Crippen LogP contribution in [0.15, 0.2) is 18.2 Å². The fourth-order valence-electron chi connectivity index (χ4n) is 1.50. The van der Waals surface area contributed by atoms with E-state index in [2.05, 4.69) is 12.2 Å². The maximum atomic E-state index is 12.0. The molecule has 0 saturated heterocycles. The number of carbonyl (C=O) groups is 1. The fraction of sp³-hybridized carbons (Fsp3) is 0.462. The Balaban J connectivity index is 2.66. The summed E-state index contributed by atoms with van der Waals surface area (Å²) in [5.41, 5.74) is 7.94. The lowest BCUT2D eigenvalue weighted by molar-refractivity contribution is 0.0944. The molecule has 17 heavy (non-hydrogen) atoms. The Labute approximate surface area is 107 Å². The van der Waals surface area contributed by atoms with Crippen molar-refractivity contribution in [2.75, 3.05) is 17.2 Å². The van der Waals surface area contributed by atoms with Gasteiger partial charge in [-0.25, -0.2) is 0 Å². The second-order valence-corrected chi connectivity index (χ2v) is 5.44. The molecule has 3 N–H and O–H groups in total. The number of hydrogen-bond donors (Lipinski definition) is 2. The molecule has 1 amide bonds. The van der Waals surface area contributed by atoms with E-state index in [9.17, 15) is 4.79 Å². The molecule has 0 aliphatic heterocycles. The summed E-state index contributed by atoms with van der Waals surface area (Å²) in [7, 11) is 0. The van der Waals surface area contributed by atoms with Gasteiger partial charge in [0.05, 0.1) is 5.56 Å². The van der Waals surface area contributed by atoms with Crippen molar-refractivity contribution in [2.24, 2.45) is 0 Å². The van der Waals surface area contributed by atoms with E-state index in [1.807, 2.05) is 37.7 Å². The summed E-state index contributed by atoms with van der Waals surface area (Å²) in [6, 6.07) is 5.66. The molecule has 0 bridgehead atoms. The molecule has 1 atom stereocenters. The van der Waals surface area contributed by atoms with Gasteiger partial charge in [-0.15, -0.1) is 0 Å². The van der Waals surface area contributed by atoms with Crippen LogP contribution in [-0.2, 0) is 0 Å². The highest BCUT2D eigenvalue weighted by Gasteiger charge is 2.12. The van der Waals surface area contributed by atoms with Gasteiger partial charge in [-0.05, 0) is 31.7 Å². The average molecular weight is 252 g/mol. The molecule has 0 aliphatic rings. The van der Waals surface area contributed by atoms with Crippen LogP contribution in [0.25, 0.3) is 0 Å². The van der Waals surface area contributed by atoms with Crippen LogP contribution in [0, 0.1) is 6.92 Å². The summed E-state index contributed by atoms with van der Waals surface area (Å²) < 4.78 is 0. The maximum Gasteiger partial charge on any atom is 0.253 e. The van der Waals surface area contributed by atoms with Crippen molar-refractivity contribution in [3.63, 3.8) is 0 Å². The van der Waals surface area contributed by atoms with E-state index in [4.69, 9.17) is 5.73 Å². The number of rotatable bonds is 5. The Hall–Kier alpha value is -1.16. The van der Waals surface area contributed by atoms with Crippen molar-refractivity contribution in [3.05, 3.63) is 29.3 Å². The molecule has 0 radical (unpaired) electrons. The van der Waals surface area contributed by atoms with Crippen molar-refractivity contribution < 1.29 is 4.79 Å². The summed E-state index contributed by atoms with van der Waals surface area (Å²) in [6.07, 6.45) is 0. The number of thioether (sulfide) groups is 1. The zero-order valence-electron chi connectivity index (χ0n) is 10.6. The predicted molar refractivity (Wildman–Crippen MR) is 75.5 cm³/mol. The van der Waals surface area contributed by atoms with Crippen molar-refractivity contribution >= 4 is 23.4 Å². The molecule has 1 unspecified atom stereocenters. The lowest BCUT2D eigenvalue weighted by Crippen LogP contribution is -2.34. The first-order valence-corrected chi connectivity index (χ1v) is 6.94. The number of hydrogen-bond acceptors (Lipinski definition) is 3. The first-order chi connectivity index (χ1) is 8.04. The van der Waals surface area contributed by atoms with Gasteiger partial charge >= 0.3 is 0 Å². The molecular weight excluding hydrogens is 232 g/mol. The first-order valence-electron chi connectivity index (χ1n) is 5.79.